The molecule has 0 unspecified atom stereocenters. The van der Waals surface area contributed by atoms with E-state index in [2.05, 4.69) is 19.7 Å². The zero-order valence-corrected chi connectivity index (χ0v) is 9.58. The monoisotopic (exact) mass is 214 g/mol. The van der Waals surface area contributed by atoms with Gasteiger partial charge in [-0.2, -0.15) is 0 Å². The molecule has 1 aromatic rings. The first-order chi connectivity index (χ1) is 7.72. The molecule has 1 aromatic carbocycles. The maximum absolute atomic E-state index is 9.65. The number of rotatable bonds is 6. The van der Waals surface area contributed by atoms with Crippen molar-refractivity contribution in [3.8, 4) is 5.75 Å². The summed E-state index contributed by atoms with van der Waals surface area (Å²) in [6.07, 6.45) is 7.92. The Hall–Kier alpha value is -1.76. The van der Waals surface area contributed by atoms with Gasteiger partial charge in [-0.05, 0) is 48.1 Å². The molecule has 16 heavy (non-hydrogen) atoms. The molecule has 84 valence electrons. The van der Waals surface area contributed by atoms with E-state index in [9.17, 15) is 5.11 Å². The second-order valence-corrected chi connectivity index (χ2v) is 3.72. The molecule has 1 N–H and O–H groups in total. The van der Waals surface area contributed by atoms with Crippen LogP contribution in [0.2, 0.25) is 0 Å². The molecule has 1 rings (SSSR count). The fourth-order valence-corrected chi connectivity index (χ4v) is 1.86. The minimum absolute atomic E-state index is 0.307. The zero-order valence-electron chi connectivity index (χ0n) is 9.58. The predicted octanol–water partition coefficient (Wildman–Crippen LogP) is 3.58. The van der Waals surface area contributed by atoms with Crippen LogP contribution in [0.1, 0.15) is 16.7 Å². The highest BCUT2D eigenvalue weighted by Crippen LogP contribution is 2.24. The highest BCUT2D eigenvalue weighted by atomic mass is 16.3. The molecule has 0 aliphatic heterocycles. The lowest BCUT2D eigenvalue weighted by Crippen LogP contribution is -1.98. The largest absolute Gasteiger partial charge is 0.508 e. The van der Waals surface area contributed by atoms with Crippen molar-refractivity contribution in [3.63, 3.8) is 0 Å². The van der Waals surface area contributed by atoms with Crippen molar-refractivity contribution >= 4 is 0 Å². The Morgan fingerprint density at radius 2 is 1.31 bits per heavy atom. The molecule has 0 aliphatic rings. The summed E-state index contributed by atoms with van der Waals surface area (Å²) < 4.78 is 0. The van der Waals surface area contributed by atoms with Crippen molar-refractivity contribution in [2.24, 2.45) is 0 Å². The van der Waals surface area contributed by atoms with Gasteiger partial charge in [0, 0.05) is 0 Å². The molecule has 0 saturated heterocycles. The molecule has 0 saturated carbocycles. The Bertz CT molecular complexity index is 371. The average Bonchev–Trinajstić information content (AvgIpc) is 2.24. The molecule has 0 spiro atoms. The number of phenols is 1. The molecule has 0 amide bonds. The summed E-state index contributed by atoms with van der Waals surface area (Å²) in [4.78, 5) is 0. The van der Waals surface area contributed by atoms with Gasteiger partial charge < -0.3 is 5.11 Å². The van der Waals surface area contributed by atoms with Crippen LogP contribution < -0.4 is 0 Å². The molecule has 0 heterocycles. The van der Waals surface area contributed by atoms with Crippen LogP contribution in [0.5, 0.6) is 5.75 Å². The van der Waals surface area contributed by atoms with E-state index in [4.69, 9.17) is 0 Å². The molecule has 0 aliphatic carbocycles. The van der Waals surface area contributed by atoms with E-state index in [1.54, 1.807) is 12.1 Å². The number of allylic oxidation sites excluding steroid dienone is 3. The standard InChI is InChI=1S/C15H18O/c1-4-7-12-10-14(16)11-13(8-5-2)15(12)9-6-3/h4-6,10-11,16H,1-3,7-9H2. The first-order valence-electron chi connectivity index (χ1n) is 5.39. The van der Waals surface area contributed by atoms with Crippen LogP contribution in [0.25, 0.3) is 0 Å². The SMILES string of the molecule is C=CCc1cc(O)cc(CC=C)c1CC=C. The van der Waals surface area contributed by atoms with Crippen molar-refractivity contribution in [3.05, 3.63) is 66.8 Å². The molecule has 0 bridgehead atoms. The summed E-state index contributed by atoms with van der Waals surface area (Å²) in [6, 6.07) is 3.60. The molecular weight excluding hydrogens is 196 g/mol. The van der Waals surface area contributed by atoms with Gasteiger partial charge in [0.2, 0.25) is 0 Å². The lowest BCUT2D eigenvalue weighted by molar-refractivity contribution is 0.474. The van der Waals surface area contributed by atoms with E-state index in [0.717, 1.165) is 30.4 Å². The molecule has 0 fully saturated rings. The predicted molar refractivity (Wildman–Crippen MR) is 69.8 cm³/mol. The topological polar surface area (TPSA) is 20.2 Å². The Labute approximate surface area is 97.4 Å². The zero-order chi connectivity index (χ0) is 12.0. The minimum atomic E-state index is 0.307. The van der Waals surface area contributed by atoms with Crippen LogP contribution in [-0.2, 0) is 19.3 Å². The number of hydrogen-bond acceptors (Lipinski definition) is 1. The van der Waals surface area contributed by atoms with Crippen LogP contribution in [0.3, 0.4) is 0 Å². The summed E-state index contributed by atoms with van der Waals surface area (Å²) >= 11 is 0. The van der Waals surface area contributed by atoms with Crippen molar-refractivity contribution in [1.29, 1.82) is 0 Å². The van der Waals surface area contributed by atoms with Crippen molar-refractivity contribution < 1.29 is 5.11 Å². The van der Waals surface area contributed by atoms with Crippen LogP contribution >= 0.6 is 0 Å². The van der Waals surface area contributed by atoms with Gasteiger partial charge in [0.25, 0.3) is 0 Å². The molecule has 1 heteroatoms. The van der Waals surface area contributed by atoms with E-state index in [1.165, 1.54) is 5.56 Å². The van der Waals surface area contributed by atoms with E-state index in [-0.39, 0.29) is 0 Å². The Balaban J connectivity index is 3.26. The van der Waals surface area contributed by atoms with Gasteiger partial charge in [-0.25, -0.2) is 0 Å². The van der Waals surface area contributed by atoms with Crippen molar-refractivity contribution in [2.45, 2.75) is 19.3 Å². The quantitative estimate of drug-likeness (QED) is 0.718. The fraction of sp³-hybridized carbons (Fsp3) is 0.200. The summed E-state index contributed by atoms with van der Waals surface area (Å²) in [5.74, 6) is 0.307. The van der Waals surface area contributed by atoms with Crippen LogP contribution in [0.15, 0.2) is 50.1 Å². The molecular formula is C15H18O. The van der Waals surface area contributed by atoms with Gasteiger partial charge in [0.15, 0.2) is 0 Å². The normalized spacial score (nSPS) is 9.75. The van der Waals surface area contributed by atoms with Crippen molar-refractivity contribution in [2.75, 3.05) is 0 Å². The van der Waals surface area contributed by atoms with Gasteiger partial charge in [0.1, 0.15) is 5.75 Å². The van der Waals surface area contributed by atoms with E-state index >= 15 is 0 Å². The lowest BCUT2D eigenvalue weighted by atomic mass is 9.94. The summed E-state index contributed by atoms with van der Waals surface area (Å²) in [5.41, 5.74) is 3.46. The summed E-state index contributed by atoms with van der Waals surface area (Å²) in [6.45, 7) is 11.2. The van der Waals surface area contributed by atoms with Crippen LogP contribution in [-0.4, -0.2) is 5.11 Å². The maximum atomic E-state index is 9.65. The average molecular weight is 214 g/mol. The van der Waals surface area contributed by atoms with Gasteiger partial charge in [-0.1, -0.05) is 18.2 Å². The van der Waals surface area contributed by atoms with E-state index in [0.29, 0.717) is 5.75 Å². The number of phenolic OH excluding ortho intramolecular Hbond substituents is 1. The third-order valence-corrected chi connectivity index (χ3v) is 2.50. The lowest BCUT2D eigenvalue weighted by Gasteiger charge is -2.12. The fourth-order valence-electron chi connectivity index (χ4n) is 1.86. The highest BCUT2D eigenvalue weighted by Gasteiger charge is 2.07. The Morgan fingerprint density at radius 1 is 0.875 bits per heavy atom. The van der Waals surface area contributed by atoms with Crippen LogP contribution in [0, 0.1) is 0 Å². The number of benzene rings is 1. The second-order valence-electron chi connectivity index (χ2n) is 3.72. The molecule has 1 nitrogen and oxygen atoms in total. The highest BCUT2D eigenvalue weighted by molar-refractivity contribution is 5.44. The smallest absolute Gasteiger partial charge is 0.116 e. The van der Waals surface area contributed by atoms with E-state index in [1.807, 2.05) is 18.2 Å². The maximum Gasteiger partial charge on any atom is 0.116 e. The second kappa shape index (κ2) is 5.96. The molecule has 0 radical (unpaired) electrons. The summed E-state index contributed by atoms with van der Waals surface area (Å²) in [5, 5.41) is 9.65. The third-order valence-electron chi connectivity index (χ3n) is 2.50. The van der Waals surface area contributed by atoms with Gasteiger partial charge in [-0.3, -0.25) is 0 Å². The van der Waals surface area contributed by atoms with Gasteiger partial charge in [-0.15, -0.1) is 19.7 Å². The van der Waals surface area contributed by atoms with Gasteiger partial charge in [0.05, 0.1) is 0 Å². The minimum Gasteiger partial charge on any atom is -0.508 e. The molecule has 0 aromatic heterocycles. The summed E-state index contributed by atoms with van der Waals surface area (Å²) in [7, 11) is 0. The molecule has 0 atom stereocenters. The van der Waals surface area contributed by atoms with Crippen molar-refractivity contribution in [1.82, 2.24) is 0 Å². The Kier molecular flexibility index (Phi) is 4.59. The number of hydrogen-bond donors (Lipinski definition) is 1. The van der Waals surface area contributed by atoms with Crippen LogP contribution in [0.4, 0.5) is 0 Å². The first kappa shape index (κ1) is 12.3. The number of aromatic hydroxyl groups is 1. The van der Waals surface area contributed by atoms with E-state index < -0.39 is 0 Å². The first-order valence-corrected chi connectivity index (χ1v) is 5.39. The van der Waals surface area contributed by atoms with Gasteiger partial charge >= 0.3 is 0 Å². The third kappa shape index (κ3) is 2.86. The Morgan fingerprint density at radius 3 is 1.69 bits per heavy atom.